The van der Waals surface area contributed by atoms with Crippen molar-refractivity contribution < 1.29 is 22.7 Å². The molecule has 1 amide bonds. The van der Waals surface area contributed by atoms with Crippen molar-refractivity contribution in [3.63, 3.8) is 0 Å². The average molecular weight is 319 g/mol. The van der Waals surface area contributed by atoms with Gasteiger partial charge < -0.3 is 10.1 Å². The van der Waals surface area contributed by atoms with Crippen LogP contribution in [0.4, 0.5) is 18.9 Å². The van der Waals surface area contributed by atoms with Crippen LogP contribution in [0.3, 0.4) is 0 Å². The molecular weight excluding hydrogens is 307 g/mol. The zero-order valence-electron chi connectivity index (χ0n) is 12.1. The molecule has 0 atom stereocenters. The predicted molar refractivity (Wildman–Crippen MR) is 80.9 cm³/mol. The lowest BCUT2D eigenvalue weighted by atomic mass is 10.0. The summed E-state index contributed by atoms with van der Waals surface area (Å²) >= 11 is 0. The van der Waals surface area contributed by atoms with Gasteiger partial charge in [-0.25, -0.2) is 0 Å². The summed E-state index contributed by atoms with van der Waals surface area (Å²) < 4.78 is 43.3. The lowest BCUT2D eigenvalue weighted by molar-refractivity contribution is -0.137. The molecular formula is C17H12F3NO2. The molecule has 2 aromatic rings. The van der Waals surface area contributed by atoms with Gasteiger partial charge in [-0.2, -0.15) is 13.2 Å². The highest BCUT2D eigenvalue weighted by Crippen LogP contribution is 2.38. The third-order valence-corrected chi connectivity index (χ3v) is 3.53. The zero-order chi connectivity index (χ0) is 16.6. The lowest BCUT2D eigenvalue weighted by Gasteiger charge is -2.08. The van der Waals surface area contributed by atoms with Crippen LogP contribution in [0, 0.1) is 0 Å². The summed E-state index contributed by atoms with van der Waals surface area (Å²) in [5, 5.41) is 2.47. The molecule has 3 rings (SSSR count). The molecule has 0 spiro atoms. The van der Waals surface area contributed by atoms with E-state index in [1.807, 2.05) is 0 Å². The highest BCUT2D eigenvalue weighted by atomic mass is 19.4. The second kappa shape index (κ2) is 5.46. The largest absolute Gasteiger partial charge is 0.497 e. The number of halogens is 3. The number of hydrogen-bond acceptors (Lipinski definition) is 2. The molecule has 0 saturated heterocycles. The first-order valence-corrected chi connectivity index (χ1v) is 6.77. The van der Waals surface area contributed by atoms with Crippen molar-refractivity contribution in [2.24, 2.45) is 0 Å². The lowest BCUT2D eigenvalue weighted by Crippen LogP contribution is -2.06. The fourth-order valence-corrected chi connectivity index (χ4v) is 2.41. The first-order chi connectivity index (χ1) is 10.9. The summed E-state index contributed by atoms with van der Waals surface area (Å²) in [5.41, 5.74) is 0.869. The number of nitrogens with one attached hydrogen (secondary N) is 1. The van der Waals surface area contributed by atoms with Crippen molar-refractivity contribution in [1.82, 2.24) is 0 Å². The summed E-state index contributed by atoms with van der Waals surface area (Å²) in [4.78, 5) is 12.1. The molecule has 1 heterocycles. The highest BCUT2D eigenvalue weighted by Gasteiger charge is 2.33. The van der Waals surface area contributed by atoms with Crippen LogP contribution in [0.2, 0.25) is 0 Å². The number of fused-ring (bicyclic) bond motifs is 1. The quantitative estimate of drug-likeness (QED) is 0.842. The number of benzene rings is 2. The van der Waals surface area contributed by atoms with Gasteiger partial charge in [0.2, 0.25) is 0 Å². The van der Waals surface area contributed by atoms with Gasteiger partial charge in [-0.05, 0) is 35.9 Å². The third kappa shape index (κ3) is 2.92. The fourth-order valence-electron chi connectivity index (χ4n) is 2.41. The van der Waals surface area contributed by atoms with Crippen molar-refractivity contribution in [3.8, 4) is 5.75 Å². The van der Waals surface area contributed by atoms with Gasteiger partial charge in [0.05, 0.1) is 12.7 Å². The van der Waals surface area contributed by atoms with E-state index in [-0.39, 0.29) is 5.69 Å². The average Bonchev–Trinajstić information content (AvgIpc) is 2.82. The molecule has 2 aromatic carbocycles. The molecule has 3 nitrogen and oxygen atoms in total. The van der Waals surface area contributed by atoms with Crippen LogP contribution >= 0.6 is 0 Å². The van der Waals surface area contributed by atoms with E-state index in [1.165, 1.54) is 13.2 Å². The second-order valence-corrected chi connectivity index (χ2v) is 5.05. The van der Waals surface area contributed by atoms with Crippen LogP contribution in [0.1, 0.15) is 16.7 Å². The molecule has 0 bridgehead atoms. The summed E-state index contributed by atoms with van der Waals surface area (Å²) in [5.74, 6) is 0.201. The van der Waals surface area contributed by atoms with Gasteiger partial charge in [-0.3, -0.25) is 4.79 Å². The maximum Gasteiger partial charge on any atom is 0.416 e. The monoisotopic (exact) mass is 319 g/mol. The number of ether oxygens (including phenoxy) is 1. The first kappa shape index (κ1) is 15.1. The normalized spacial score (nSPS) is 15.5. The number of carbonyl (C=O) groups is 1. The summed E-state index contributed by atoms with van der Waals surface area (Å²) in [6, 6.07) is 10.3. The number of hydrogen-bond donors (Lipinski definition) is 1. The third-order valence-electron chi connectivity index (χ3n) is 3.53. The number of methoxy groups -OCH3 is 1. The van der Waals surface area contributed by atoms with Gasteiger partial charge in [-0.15, -0.1) is 0 Å². The molecule has 0 fully saturated rings. The minimum atomic E-state index is -4.45. The predicted octanol–water partition coefficient (Wildman–Crippen LogP) is 4.21. The number of amides is 1. The van der Waals surface area contributed by atoms with Crippen LogP contribution in [-0.4, -0.2) is 13.0 Å². The van der Waals surface area contributed by atoms with Crippen molar-refractivity contribution in [3.05, 3.63) is 59.2 Å². The van der Waals surface area contributed by atoms with Crippen LogP contribution in [0.25, 0.3) is 11.6 Å². The Morgan fingerprint density at radius 3 is 2.61 bits per heavy atom. The van der Waals surface area contributed by atoms with E-state index in [0.717, 1.165) is 17.7 Å². The summed E-state index contributed by atoms with van der Waals surface area (Å²) in [6.45, 7) is 0. The van der Waals surface area contributed by atoms with Crippen molar-refractivity contribution in [2.45, 2.75) is 6.18 Å². The standard InChI is InChI=1S/C17H12F3NO2/c1-23-12-4-2-3-10(7-12)8-14-13-6-5-11(17(18,19)20)9-15(13)21-16(14)22/h2-9H,1H3,(H,21,22)/b14-8+. The van der Waals surface area contributed by atoms with Gasteiger partial charge in [-0.1, -0.05) is 18.2 Å². The highest BCUT2D eigenvalue weighted by molar-refractivity contribution is 6.34. The number of rotatable bonds is 2. The van der Waals surface area contributed by atoms with Gasteiger partial charge in [0, 0.05) is 16.8 Å². The van der Waals surface area contributed by atoms with E-state index < -0.39 is 17.6 Å². The second-order valence-electron chi connectivity index (χ2n) is 5.05. The van der Waals surface area contributed by atoms with Gasteiger partial charge in [0.25, 0.3) is 5.91 Å². The molecule has 0 aromatic heterocycles. The maximum absolute atomic E-state index is 12.7. The minimum Gasteiger partial charge on any atom is -0.497 e. The zero-order valence-corrected chi connectivity index (χ0v) is 12.1. The summed E-state index contributed by atoms with van der Waals surface area (Å²) in [7, 11) is 1.53. The topological polar surface area (TPSA) is 38.3 Å². The number of carbonyl (C=O) groups excluding carboxylic acids is 1. The van der Waals surface area contributed by atoms with Crippen molar-refractivity contribution in [1.29, 1.82) is 0 Å². The summed E-state index contributed by atoms with van der Waals surface area (Å²) in [6.07, 6.45) is -2.82. The Hall–Kier alpha value is -2.76. The maximum atomic E-state index is 12.7. The first-order valence-electron chi connectivity index (χ1n) is 6.77. The SMILES string of the molecule is COc1cccc(/C=C2/C(=O)Nc3cc(C(F)(F)F)ccc32)c1. The van der Waals surface area contributed by atoms with Crippen molar-refractivity contribution in [2.75, 3.05) is 12.4 Å². The Morgan fingerprint density at radius 1 is 1.13 bits per heavy atom. The minimum absolute atomic E-state index is 0.166. The van der Waals surface area contributed by atoms with E-state index in [9.17, 15) is 18.0 Å². The Kier molecular flexibility index (Phi) is 3.60. The molecule has 0 radical (unpaired) electrons. The van der Waals surface area contributed by atoms with Crippen LogP contribution in [0.15, 0.2) is 42.5 Å². The molecule has 6 heteroatoms. The molecule has 118 valence electrons. The fraction of sp³-hybridized carbons (Fsp3) is 0.118. The van der Waals surface area contributed by atoms with Crippen LogP contribution in [0.5, 0.6) is 5.75 Å². The molecule has 23 heavy (non-hydrogen) atoms. The number of alkyl halides is 3. The Balaban J connectivity index is 2.03. The van der Waals surface area contributed by atoms with Crippen molar-refractivity contribution >= 4 is 23.2 Å². The van der Waals surface area contributed by atoms with Crippen LogP contribution in [-0.2, 0) is 11.0 Å². The molecule has 0 unspecified atom stereocenters. The molecule has 1 aliphatic rings. The van der Waals surface area contributed by atoms with E-state index in [0.29, 0.717) is 16.9 Å². The molecule has 1 aliphatic heterocycles. The van der Waals surface area contributed by atoms with Gasteiger partial charge in [0.1, 0.15) is 5.75 Å². The Bertz CT molecular complexity index is 810. The van der Waals surface area contributed by atoms with Gasteiger partial charge in [0.15, 0.2) is 0 Å². The molecule has 0 aliphatic carbocycles. The number of anilines is 1. The molecule has 1 N–H and O–H groups in total. The Morgan fingerprint density at radius 2 is 1.91 bits per heavy atom. The Labute approximate surface area is 130 Å². The molecule has 0 saturated carbocycles. The van der Waals surface area contributed by atoms with Gasteiger partial charge >= 0.3 is 6.18 Å². The smallest absolute Gasteiger partial charge is 0.416 e. The van der Waals surface area contributed by atoms with E-state index in [1.54, 1.807) is 30.3 Å². The van der Waals surface area contributed by atoms with E-state index >= 15 is 0 Å². The van der Waals surface area contributed by atoms with E-state index in [4.69, 9.17) is 4.74 Å². The van der Waals surface area contributed by atoms with E-state index in [2.05, 4.69) is 5.32 Å². The van der Waals surface area contributed by atoms with Crippen LogP contribution < -0.4 is 10.1 Å².